The number of nitrogens with two attached hydrogens (primary N) is 2. The Morgan fingerprint density at radius 3 is 2.47 bits per heavy atom. The second kappa shape index (κ2) is 11.0. The number of amidine groups is 1. The van der Waals surface area contributed by atoms with E-state index >= 15 is 4.39 Å². The number of halogens is 1. The van der Waals surface area contributed by atoms with E-state index in [4.69, 9.17) is 11.7 Å². The molecule has 3 aromatic rings. The Morgan fingerprint density at radius 1 is 1.21 bits per heavy atom. The minimum absolute atomic E-state index is 0.0616. The lowest BCUT2D eigenvalue weighted by Crippen LogP contribution is -2.43. The third-order valence-electron chi connectivity index (χ3n) is 5.86. The Labute approximate surface area is 222 Å². The number of amides is 2. The number of thiazole rings is 1. The van der Waals surface area contributed by atoms with E-state index in [-0.39, 0.29) is 28.9 Å². The molecule has 2 amide bonds. The zero-order valence-electron chi connectivity index (χ0n) is 20.6. The van der Waals surface area contributed by atoms with Crippen molar-refractivity contribution in [2.24, 2.45) is 16.8 Å². The predicted molar refractivity (Wildman–Crippen MR) is 143 cm³/mol. The minimum Gasteiger partial charge on any atom is -0.352 e. The van der Waals surface area contributed by atoms with Crippen molar-refractivity contribution >= 4 is 49.2 Å². The second-order valence-corrected chi connectivity index (χ2v) is 12.1. The van der Waals surface area contributed by atoms with Gasteiger partial charge in [-0.3, -0.25) is 9.59 Å². The lowest BCUT2D eigenvalue weighted by Gasteiger charge is -2.19. The number of aromatic nitrogens is 1. The standard InChI is InChI=1S/C23H27FN8O4S2/c1-32(2)38(35,36)20(22(34)27-11-18(33)28-15-7-8-15)23-29-19-16(24)9-14(10-17(19)37-23)12-3-5-13(6-4-12)21(30-25)31-26/h3-6,9-10,15,20H,7-8,11,25-26H2,1-2H3,(H,27,34)(H,28,33)(H,30,31). The summed E-state index contributed by atoms with van der Waals surface area (Å²) < 4.78 is 42.6. The van der Waals surface area contributed by atoms with Gasteiger partial charge in [0.1, 0.15) is 10.5 Å². The van der Waals surface area contributed by atoms with Crippen LogP contribution in [0, 0.1) is 5.82 Å². The Morgan fingerprint density at radius 2 is 1.89 bits per heavy atom. The molecule has 1 fully saturated rings. The molecule has 15 heteroatoms. The highest BCUT2D eigenvalue weighted by Gasteiger charge is 2.39. The fourth-order valence-electron chi connectivity index (χ4n) is 3.65. The number of hydrogen-bond donors (Lipinski definition) is 5. The first kappa shape index (κ1) is 27.4. The van der Waals surface area contributed by atoms with Crippen LogP contribution in [0.5, 0.6) is 0 Å². The predicted octanol–water partition coefficient (Wildman–Crippen LogP) is 0.513. The highest BCUT2D eigenvalue weighted by Crippen LogP contribution is 2.36. The lowest BCUT2D eigenvalue weighted by molar-refractivity contribution is -0.126. The number of hydrazine groups is 1. The maximum absolute atomic E-state index is 15.1. The summed E-state index contributed by atoms with van der Waals surface area (Å²) in [6.45, 7) is -0.384. The van der Waals surface area contributed by atoms with E-state index in [1.165, 1.54) is 20.2 Å². The molecule has 1 unspecified atom stereocenters. The van der Waals surface area contributed by atoms with Crippen LogP contribution in [0.15, 0.2) is 41.5 Å². The number of sulfonamides is 1. The summed E-state index contributed by atoms with van der Waals surface area (Å²) in [7, 11) is -1.65. The van der Waals surface area contributed by atoms with Gasteiger partial charge in [0.25, 0.3) is 0 Å². The molecule has 0 aliphatic heterocycles. The molecular weight excluding hydrogens is 535 g/mol. The lowest BCUT2D eigenvalue weighted by atomic mass is 10.0. The number of nitrogens with one attached hydrogen (secondary N) is 3. The molecule has 1 aliphatic carbocycles. The van der Waals surface area contributed by atoms with E-state index < -0.39 is 32.9 Å². The normalized spacial score (nSPS) is 14.9. The largest absolute Gasteiger partial charge is 0.352 e. The van der Waals surface area contributed by atoms with Crippen molar-refractivity contribution in [2.45, 2.75) is 24.1 Å². The van der Waals surface area contributed by atoms with Gasteiger partial charge in [-0.2, -0.15) is 5.10 Å². The van der Waals surface area contributed by atoms with Gasteiger partial charge < -0.3 is 21.9 Å². The van der Waals surface area contributed by atoms with Crippen molar-refractivity contribution < 1.29 is 22.4 Å². The topological polar surface area (TPSA) is 185 Å². The highest BCUT2D eigenvalue weighted by atomic mass is 32.2. The molecule has 1 atom stereocenters. The average Bonchev–Trinajstić information content (AvgIpc) is 3.59. The molecule has 38 heavy (non-hydrogen) atoms. The third-order valence-corrected chi connectivity index (χ3v) is 9.12. The Bertz CT molecular complexity index is 1500. The number of carbonyl (C=O) groups is 2. The van der Waals surface area contributed by atoms with Gasteiger partial charge in [-0.05, 0) is 36.1 Å². The van der Waals surface area contributed by atoms with Crippen molar-refractivity contribution in [1.82, 2.24) is 25.3 Å². The van der Waals surface area contributed by atoms with Crippen LogP contribution in [0.1, 0.15) is 28.7 Å². The molecular formula is C23H27FN8O4S2. The van der Waals surface area contributed by atoms with Crippen LogP contribution in [0.2, 0.25) is 0 Å². The molecule has 1 aliphatic rings. The number of benzene rings is 2. The summed E-state index contributed by atoms with van der Waals surface area (Å²) in [6, 6.07) is 9.87. The zero-order valence-corrected chi connectivity index (χ0v) is 22.2. The molecule has 1 heterocycles. The van der Waals surface area contributed by atoms with Crippen LogP contribution < -0.4 is 27.7 Å². The summed E-state index contributed by atoms with van der Waals surface area (Å²) in [5.41, 5.74) is 4.11. The van der Waals surface area contributed by atoms with Gasteiger partial charge in [0.2, 0.25) is 27.1 Å². The molecule has 0 bridgehead atoms. The van der Waals surface area contributed by atoms with E-state index in [1.54, 1.807) is 30.3 Å². The van der Waals surface area contributed by atoms with Gasteiger partial charge >= 0.3 is 0 Å². The van der Waals surface area contributed by atoms with Crippen LogP contribution in [-0.2, 0) is 19.6 Å². The molecule has 0 saturated heterocycles. The smallest absolute Gasteiger partial charge is 0.247 e. The molecule has 1 aromatic heterocycles. The molecule has 202 valence electrons. The fraction of sp³-hybridized carbons (Fsp3) is 0.304. The molecule has 1 saturated carbocycles. The van der Waals surface area contributed by atoms with Gasteiger partial charge in [-0.25, -0.2) is 27.9 Å². The van der Waals surface area contributed by atoms with E-state index in [0.717, 1.165) is 28.5 Å². The maximum atomic E-state index is 15.1. The fourth-order valence-corrected chi connectivity index (χ4v) is 6.25. The highest BCUT2D eigenvalue weighted by molar-refractivity contribution is 7.90. The Kier molecular flexibility index (Phi) is 7.91. The van der Waals surface area contributed by atoms with Gasteiger partial charge in [-0.15, -0.1) is 11.3 Å². The average molecular weight is 563 g/mol. The number of hydrogen-bond acceptors (Lipinski definition) is 9. The molecule has 2 aromatic carbocycles. The first-order chi connectivity index (χ1) is 18.0. The van der Waals surface area contributed by atoms with Crippen molar-refractivity contribution in [3.05, 3.63) is 52.8 Å². The van der Waals surface area contributed by atoms with Crippen LogP contribution in [0.3, 0.4) is 0 Å². The van der Waals surface area contributed by atoms with E-state index in [1.807, 2.05) is 0 Å². The quantitative estimate of drug-likeness (QED) is 0.108. The van der Waals surface area contributed by atoms with E-state index in [0.29, 0.717) is 21.4 Å². The number of fused-ring (bicyclic) bond motifs is 1. The van der Waals surface area contributed by atoms with Crippen LogP contribution in [-0.4, -0.2) is 62.0 Å². The molecule has 0 radical (unpaired) electrons. The SMILES string of the molecule is CN(C)S(=O)(=O)C(C(=O)NCC(=O)NC1CC1)c1nc2c(F)cc(-c3ccc(/C(=N/N)NN)cc3)cc2s1. The number of rotatable bonds is 9. The number of nitrogens with zero attached hydrogens (tertiary/aromatic N) is 3. The van der Waals surface area contributed by atoms with Crippen molar-refractivity contribution in [1.29, 1.82) is 0 Å². The van der Waals surface area contributed by atoms with E-state index in [9.17, 15) is 18.0 Å². The first-order valence-electron chi connectivity index (χ1n) is 11.5. The second-order valence-electron chi connectivity index (χ2n) is 8.82. The van der Waals surface area contributed by atoms with E-state index in [2.05, 4.69) is 26.1 Å². The van der Waals surface area contributed by atoms with Crippen molar-refractivity contribution in [2.75, 3.05) is 20.6 Å². The molecule has 12 nitrogen and oxygen atoms in total. The summed E-state index contributed by atoms with van der Waals surface area (Å²) in [5, 5.41) is 6.77. The van der Waals surface area contributed by atoms with Gasteiger partial charge in [0, 0.05) is 25.7 Å². The molecule has 0 spiro atoms. The number of carbonyl (C=O) groups excluding carboxylic acids is 2. The maximum Gasteiger partial charge on any atom is 0.247 e. The molecule has 7 N–H and O–H groups in total. The Balaban J connectivity index is 1.67. The van der Waals surface area contributed by atoms with Gasteiger partial charge in [0.15, 0.2) is 11.7 Å². The summed E-state index contributed by atoms with van der Waals surface area (Å²) in [4.78, 5) is 29.2. The summed E-state index contributed by atoms with van der Waals surface area (Å²) in [6.07, 6.45) is 1.74. The van der Waals surface area contributed by atoms with Crippen molar-refractivity contribution in [3.63, 3.8) is 0 Å². The Hall–Kier alpha value is -3.66. The minimum atomic E-state index is -4.21. The molecule has 4 rings (SSSR count). The summed E-state index contributed by atoms with van der Waals surface area (Å²) in [5.74, 6) is 8.93. The third kappa shape index (κ3) is 5.75. The monoisotopic (exact) mass is 562 g/mol. The van der Waals surface area contributed by atoms with Crippen LogP contribution in [0.4, 0.5) is 4.39 Å². The van der Waals surface area contributed by atoms with Gasteiger partial charge in [0.05, 0.1) is 11.2 Å². The first-order valence-corrected chi connectivity index (χ1v) is 13.8. The van der Waals surface area contributed by atoms with Crippen molar-refractivity contribution in [3.8, 4) is 11.1 Å². The van der Waals surface area contributed by atoms with Gasteiger partial charge in [-0.1, -0.05) is 24.3 Å². The van der Waals surface area contributed by atoms with Crippen LogP contribution in [0.25, 0.3) is 21.3 Å². The van der Waals surface area contributed by atoms with Crippen LogP contribution >= 0.6 is 11.3 Å². The zero-order chi connectivity index (χ0) is 27.6. The summed E-state index contributed by atoms with van der Waals surface area (Å²) >= 11 is 0.891. The number of hydrazone groups is 1.